The van der Waals surface area contributed by atoms with Crippen LogP contribution in [-0.4, -0.2) is 41.6 Å². The Hall–Kier alpha value is -1.75. The number of nitrogens with zero attached hydrogens (tertiary/aromatic N) is 1. The Balaban J connectivity index is 2.56. The summed E-state index contributed by atoms with van der Waals surface area (Å²) in [5, 5.41) is 9.07. The first-order valence-corrected chi connectivity index (χ1v) is 6.70. The standard InChI is InChI=1S/C14H18ClNO4/c1-3-16(7-6-14(18)19)13(17)9-20-12-8-10(2)4-5-11(12)15/h4-5,8H,3,6-7,9H2,1-2H3,(H,18,19). The summed E-state index contributed by atoms with van der Waals surface area (Å²) in [6.07, 6.45) is -0.0786. The van der Waals surface area contributed by atoms with E-state index in [1.54, 1.807) is 19.1 Å². The Morgan fingerprint density at radius 1 is 1.40 bits per heavy atom. The summed E-state index contributed by atoms with van der Waals surface area (Å²) in [4.78, 5) is 23.9. The van der Waals surface area contributed by atoms with Crippen LogP contribution >= 0.6 is 11.6 Å². The lowest BCUT2D eigenvalue weighted by molar-refractivity contribution is -0.139. The zero-order valence-corrected chi connectivity index (χ0v) is 12.3. The third-order valence-electron chi connectivity index (χ3n) is 2.77. The lowest BCUT2D eigenvalue weighted by Gasteiger charge is -2.20. The van der Waals surface area contributed by atoms with Gasteiger partial charge in [0.2, 0.25) is 0 Å². The van der Waals surface area contributed by atoms with Crippen molar-refractivity contribution in [2.24, 2.45) is 0 Å². The molecule has 0 spiro atoms. The molecule has 1 aromatic carbocycles. The van der Waals surface area contributed by atoms with Crippen molar-refractivity contribution in [1.29, 1.82) is 0 Å². The van der Waals surface area contributed by atoms with Gasteiger partial charge in [0.25, 0.3) is 5.91 Å². The lowest BCUT2D eigenvalue weighted by atomic mass is 10.2. The minimum absolute atomic E-state index is 0.0786. The summed E-state index contributed by atoms with van der Waals surface area (Å²) in [5.74, 6) is -0.737. The van der Waals surface area contributed by atoms with Gasteiger partial charge in [-0.1, -0.05) is 17.7 Å². The van der Waals surface area contributed by atoms with Gasteiger partial charge in [0.1, 0.15) is 5.75 Å². The highest BCUT2D eigenvalue weighted by Gasteiger charge is 2.14. The van der Waals surface area contributed by atoms with Gasteiger partial charge in [-0.25, -0.2) is 0 Å². The molecule has 5 nitrogen and oxygen atoms in total. The molecule has 0 fully saturated rings. The highest BCUT2D eigenvalue weighted by Crippen LogP contribution is 2.25. The molecular formula is C14H18ClNO4. The second-order valence-electron chi connectivity index (χ2n) is 4.34. The molecule has 0 unspecified atom stereocenters. The van der Waals surface area contributed by atoms with Gasteiger partial charge >= 0.3 is 5.97 Å². The van der Waals surface area contributed by atoms with Gasteiger partial charge in [-0.05, 0) is 31.5 Å². The van der Waals surface area contributed by atoms with E-state index in [9.17, 15) is 9.59 Å². The second-order valence-corrected chi connectivity index (χ2v) is 4.75. The molecule has 20 heavy (non-hydrogen) atoms. The van der Waals surface area contributed by atoms with Crippen LogP contribution in [0.3, 0.4) is 0 Å². The lowest BCUT2D eigenvalue weighted by Crippen LogP contribution is -2.36. The Morgan fingerprint density at radius 3 is 2.70 bits per heavy atom. The zero-order chi connectivity index (χ0) is 15.1. The van der Waals surface area contributed by atoms with Crippen LogP contribution in [0.15, 0.2) is 18.2 Å². The monoisotopic (exact) mass is 299 g/mol. The molecule has 0 heterocycles. The van der Waals surface area contributed by atoms with Crippen molar-refractivity contribution in [3.8, 4) is 5.75 Å². The molecule has 0 atom stereocenters. The van der Waals surface area contributed by atoms with E-state index in [4.69, 9.17) is 21.4 Å². The molecule has 1 rings (SSSR count). The average molecular weight is 300 g/mol. The van der Waals surface area contributed by atoms with E-state index in [-0.39, 0.29) is 25.5 Å². The van der Waals surface area contributed by atoms with E-state index < -0.39 is 5.97 Å². The summed E-state index contributed by atoms with van der Waals surface area (Å²) in [5.41, 5.74) is 0.982. The number of amides is 1. The van der Waals surface area contributed by atoms with Crippen LogP contribution in [-0.2, 0) is 9.59 Å². The number of aliphatic carboxylic acids is 1. The van der Waals surface area contributed by atoms with Crippen molar-refractivity contribution in [2.75, 3.05) is 19.7 Å². The number of rotatable bonds is 7. The number of ether oxygens (including phenoxy) is 1. The number of carboxylic acids is 1. The molecule has 1 N–H and O–H groups in total. The smallest absolute Gasteiger partial charge is 0.305 e. The Morgan fingerprint density at radius 2 is 2.10 bits per heavy atom. The van der Waals surface area contributed by atoms with Crippen LogP contribution < -0.4 is 4.74 Å². The minimum atomic E-state index is -0.932. The normalized spacial score (nSPS) is 10.2. The maximum absolute atomic E-state index is 11.9. The first-order valence-electron chi connectivity index (χ1n) is 6.32. The number of benzene rings is 1. The molecular weight excluding hydrogens is 282 g/mol. The fourth-order valence-electron chi connectivity index (χ4n) is 1.64. The highest BCUT2D eigenvalue weighted by molar-refractivity contribution is 6.32. The number of halogens is 1. The van der Waals surface area contributed by atoms with Gasteiger partial charge in [0.15, 0.2) is 6.61 Å². The summed E-state index contributed by atoms with van der Waals surface area (Å²) < 4.78 is 5.40. The molecule has 1 amide bonds. The number of carbonyl (C=O) groups is 2. The predicted octanol–water partition coefficient (Wildman–Crippen LogP) is 2.35. The molecule has 0 aromatic heterocycles. The van der Waals surface area contributed by atoms with Crippen molar-refractivity contribution in [1.82, 2.24) is 4.90 Å². The van der Waals surface area contributed by atoms with Crippen molar-refractivity contribution in [3.05, 3.63) is 28.8 Å². The van der Waals surface area contributed by atoms with Crippen LogP contribution in [0, 0.1) is 6.92 Å². The average Bonchev–Trinajstić information content (AvgIpc) is 2.40. The number of carbonyl (C=O) groups excluding carboxylic acids is 1. The molecule has 1 aromatic rings. The quantitative estimate of drug-likeness (QED) is 0.839. The summed E-state index contributed by atoms with van der Waals surface area (Å²) in [6.45, 7) is 4.15. The van der Waals surface area contributed by atoms with E-state index in [2.05, 4.69) is 0 Å². The predicted molar refractivity (Wildman–Crippen MR) is 76.2 cm³/mol. The zero-order valence-electron chi connectivity index (χ0n) is 11.6. The Labute approximate surface area is 123 Å². The van der Waals surface area contributed by atoms with Crippen LogP contribution in [0.1, 0.15) is 18.9 Å². The molecule has 0 bridgehead atoms. The number of aryl methyl sites for hydroxylation is 1. The van der Waals surface area contributed by atoms with Crippen LogP contribution in [0.4, 0.5) is 0 Å². The Kier molecular flexibility index (Phi) is 6.31. The van der Waals surface area contributed by atoms with Crippen molar-refractivity contribution >= 4 is 23.5 Å². The number of carboxylic acid groups (broad SMARTS) is 1. The first-order chi connectivity index (χ1) is 9.43. The van der Waals surface area contributed by atoms with Crippen molar-refractivity contribution in [2.45, 2.75) is 20.3 Å². The fourth-order valence-corrected chi connectivity index (χ4v) is 1.81. The maximum Gasteiger partial charge on any atom is 0.305 e. The van der Waals surface area contributed by atoms with E-state index in [1.807, 2.05) is 13.0 Å². The SMILES string of the molecule is CCN(CCC(=O)O)C(=O)COc1cc(C)ccc1Cl. The second kappa shape index (κ2) is 7.75. The first kappa shape index (κ1) is 16.3. The molecule has 110 valence electrons. The highest BCUT2D eigenvalue weighted by atomic mass is 35.5. The van der Waals surface area contributed by atoms with Gasteiger partial charge < -0.3 is 14.7 Å². The van der Waals surface area contributed by atoms with Gasteiger partial charge in [-0.15, -0.1) is 0 Å². The molecule has 0 saturated heterocycles. The number of hydrogen-bond acceptors (Lipinski definition) is 3. The van der Waals surface area contributed by atoms with Crippen LogP contribution in [0.2, 0.25) is 5.02 Å². The number of likely N-dealkylation sites (N-methyl/N-ethyl adjacent to an activating group) is 1. The van der Waals surface area contributed by atoms with Crippen LogP contribution in [0.5, 0.6) is 5.75 Å². The third kappa shape index (κ3) is 5.09. The van der Waals surface area contributed by atoms with Gasteiger partial charge in [-0.2, -0.15) is 0 Å². The molecule has 6 heteroatoms. The third-order valence-corrected chi connectivity index (χ3v) is 3.08. The van der Waals surface area contributed by atoms with E-state index >= 15 is 0 Å². The molecule has 0 radical (unpaired) electrons. The summed E-state index contributed by atoms with van der Waals surface area (Å²) in [7, 11) is 0. The van der Waals surface area contributed by atoms with Crippen molar-refractivity contribution in [3.63, 3.8) is 0 Å². The van der Waals surface area contributed by atoms with Gasteiger partial charge in [0.05, 0.1) is 11.4 Å². The van der Waals surface area contributed by atoms with Crippen molar-refractivity contribution < 1.29 is 19.4 Å². The molecule has 0 aliphatic rings. The molecule has 0 aliphatic heterocycles. The Bertz CT molecular complexity index is 490. The van der Waals surface area contributed by atoms with Gasteiger partial charge in [-0.3, -0.25) is 9.59 Å². The van der Waals surface area contributed by atoms with E-state index in [0.717, 1.165) is 5.56 Å². The largest absolute Gasteiger partial charge is 0.482 e. The van der Waals surface area contributed by atoms with E-state index in [0.29, 0.717) is 17.3 Å². The van der Waals surface area contributed by atoms with Gasteiger partial charge in [0, 0.05) is 13.1 Å². The van der Waals surface area contributed by atoms with E-state index in [1.165, 1.54) is 4.90 Å². The fraction of sp³-hybridized carbons (Fsp3) is 0.429. The summed E-state index contributed by atoms with van der Waals surface area (Å²) >= 11 is 5.97. The molecule has 0 saturated carbocycles. The summed E-state index contributed by atoms with van der Waals surface area (Å²) in [6, 6.07) is 5.31. The van der Waals surface area contributed by atoms with Crippen LogP contribution in [0.25, 0.3) is 0 Å². The number of hydrogen-bond donors (Lipinski definition) is 1. The molecule has 0 aliphatic carbocycles. The topological polar surface area (TPSA) is 66.8 Å². The minimum Gasteiger partial charge on any atom is -0.482 e. The maximum atomic E-state index is 11.9.